The zero-order valence-corrected chi connectivity index (χ0v) is 11.9. The van der Waals surface area contributed by atoms with E-state index in [0.717, 1.165) is 0 Å². The molecular formula is C15H16ClNO3. The molecule has 4 nitrogen and oxygen atoms in total. The highest BCUT2D eigenvalue weighted by molar-refractivity contribution is 6.33. The van der Waals surface area contributed by atoms with Crippen molar-refractivity contribution in [2.24, 2.45) is 5.92 Å². The van der Waals surface area contributed by atoms with Gasteiger partial charge in [0, 0.05) is 5.56 Å². The molecule has 1 heterocycles. The largest absolute Gasteiger partial charge is 0.384 e. The van der Waals surface area contributed by atoms with Crippen LogP contribution in [0, 0.1) is 17.8 Å². The van der Waals surface area contributed by atoms with Gasteiger partial charge in [-0.05, 0) is 31.5 Å². The number of hydrogen-bond acceptors (Lipinski definition) is 3. The minimum Gasteiger partial charge on any atom is -0.384 e. The number of carbonyl (C=O) groups excluding carboxylic acids is 1. The SMILES string of the molecule is CC1CC(C(=O)Nc2cc(C#CCO)ccc2Cl)CO1. The van der Waals surface area contributed by atoms with Crippen LogP contribution in [0.2, 0.25) is 5.02 Å². The molecular weight excluding hydrogens is 278 g/mol. The molecule has 0 aliphatic carbocycles. The number of anilines is 1. The van der Waals surface area contributed by atoms with E-state index in [1.165, 1.54) is 0 Å². The van der Waals surface area contributed by atoms with Crippen LogP contribution < -0.4 is 5.32 Å². The molecule has 20 heavy (non-hydrogen) atoms. The van der Waals surface area contributed by atoms with E-state index in [4.69, 9.17) is 21.4 Å². The number of aliphatic hydroxyl groups is 1. The van der Waals surface area contributed by atoms with E-state index in [1.807, 2.05) is 6.92 Å². The van der Waals surface area contributed by atoms with Gasteiger partial charge >= 0.3 is 0 Å². The molecule has 1 aromatic rings. The van der Waals surface area contributed by atoms with E-state index in [9.17, 15) is 4.79 Å². The summed E-state index contributed by atoms with van der Waals surface area (Å²) in [5, 5.41) is 11.9. The number of rotatable bonds is 2. The van der Waals surface area contributed by atoms with Gasteiger partial charge in [-0.3, -0.25) is 4.79 Å². The molecule has 1 aromatic carbocycles. The summed E-state index contributed by atoms with van der Waals surface area (Å²) in [7, 11) is 0. The summed E-state index contributed by atoms with van der Waals surface area (Å²) in [5.41, 5.74) is 1.22. The average Bonchev–Trinajstić information content (AvgIpc) is 2.86. The Morgan fingerprint density at radius 1 is 1.60 bits per heavy atom. The van der Waals surface area contributed by atoms with Crippen molar-refractivity contribution < 1.29 is 14.6 Å². The van der Waals surface area contributed by atoms with Gasteiger partial charge in [-0.2, -0.15) is 0 Å². The molecule has 1 amide bonds. The number of nitrogens with one attached hydrogen (secondary N) is 1. The third kappa shape index (κ3) is 3.73. The highest BCUT2D eigenvalue weighted by Crippen LogP contribution is 2.25. The highest BCUT2D eigenvalue weighted by atomic mass is 35.5. The third-order valence-electron chi connectivity index (χ3n) is 3.11. The fourth-order valence-electron chi connectivity index (χ4n) is 2.08. The quantitative estimate of drug-likeness (QED) is 0.821. The lowest BCUT2D eigenvalue weighted by molar-refractivity contribution is -0.119. The van der Waals surface area contributed by atoms with Crippen molar-refractivity contribution in [3.8, 4) is 11.8 Å². The first-order valence-electron chi connectivity index (χ1n) is 6.42. The molecule has 1 saturated heterocycles. The Morgan fingerprint density at radius 2 is 2.40 bits per heavy atom. The smallest absolute Gasteiger partial charge is 0.229 e. The molecule has 2 rings (SSSR count). The predicted molar refractivity (Wildman–Crippen MR) is 77.6 cm³/mol. The lowest BCUT2D eigenvalue weighted by Gasteiger charge is -2.11. The maximum atomic E-state index is 12.1. The Balaban J connectivity index is 2.10. The minimum absolute atomic E-state index is 0.0940. The van der Waals surface area contributed by atoms with Gasteiger partial charge in [-0.1, -0.05) is 23.4 Å². The van der Waals surface area contributed by atoms with Crippen LogP contribution in [0.1, 0.15) is 18.9 Å². The summed E-state index contributed by atoms with van der Waals surface area (Å²) in [6, 6.07) is 5.11. The van der Waals surface area contributed by atoms with Crippen LogP contribution in [-0.2, 0) is 9.53 Å². The fourth-order valence-corrected chi connectivity index (χ4v) is 2.24. The summed E-state index contributed by atoms with van der Waals surface area (Å²) >= 11 is 6.07. The Labute approximate surface area is 123 Å². The Bertz CT molecular complexity index is 562. The fraction of sp³-hybridized carbons (Fsp3) is 0.400. The van der Waals surface area contributed by atoms with Crippen molar-refractivity contribution in [2.45, 2.75) is 19.4 Å². The van der Waals surface area contributed by atoms with Crippen LogP contribution in [0.4, 0.5) is 5.69 Å². The second kappa shape index (κ2) is 6.76. The van der Waals surface area contributed by atoms with Crippen LogP contribution in [0.25, 0.3) is 0 Å². The maximum absolute atomic E-state index is 12.1. The first kappa shape index (κ1) is 14.9. The van der Waals surface area contributed by atoms with Crippen LogP contribution in [-0.4, -0.2) is 30.3 Å². The summed E-state index contributed by atoms with van der Waals surface area (Å²) in [5.74, 6) is 5.09. The van der Waals surface area contributed by atoms with Crippen molar-refractivity contribution >= 4 is 23.2 Å². The van der Waals surface area contributed by atoms with E-state index in [0.29, 0.717) is 29.3 Å². The zero-order chi connectivity index (χ0) is 14.5. The molecule has 2 N–H and O–H groups in total. The standard InChI is InChI=1S/C15H16ClNO3/c1-10-7-12(9-20-10)15(19)17-14-8-11(3-2-6-18)4-5-13(14)16/h4-5,8,10,12,18H,6-7,9H2,1H3,(H,17,19). The van der Waals surface area contributed by atoms with E-state index in [-0.39, 0.29) is 24.5 Å². The van der Waals surface area contributed by atoms with Crippen molar-refractivity contribution in [3.63, 3.8) is 0 Å². The number of carbonyl (C=O) groups is 1. The van der Waals surface area contributed by atoms with Crippen molar-refractivity contribution in [2.75, 3.05) is 18.5 Å². The van der Waals surface area contributed by atoms with Gasteiger partial charge in [-0.25, -0.2) is 0 Å². The normalized spacial score (nSPS) is 21.1. The number of halogens is 1. The van der Waals surface area contributed by atoms with Crippen molar-refractivity contribution in [1.29, 1.82) is 0 Å². The molecule has 0 spiro atoms. The molecule has 2 atom stereocenters. The molecule has 1 aliphatic heterocycles. The summed E-state index contributed by atoms with van der Waals surface area (Å²) in [4.78, 5) is 12.1. The first-order chi connectivity index (χ1) is 9.60. The van der Waals surface area contributed by atoms with Gasteiger partial charge < -0.3 is 15.2 Å². The summed E-state index contributed by atoms with van der Waals surface area (Å²) < 4.78 is 5.39. The van der Waals surface area contributed by atoms with E-state index >= 15 is 0 Å². The van der Waals surface area contributed by atoms with Crippen LogP contribution in [0.3, 0.4) is 0 Å². The number of ether oxygens (including phenoxy) is 1. The average molecular weight is 294 g/mol. The number of benzene rings is 1. The molecule has 0 saturated carbocycles. The first-order valence-corrected chi connectivity index (χ1v) is 6.79. The summed E-state index contributed by atoms with van der Waals surface area (Å²) in [6.45, 7) is 2.18. The van der Waals surface area contributed by atoms with E-state index < -0.39 is 0 Å². The highest BCUT2D eigenvalue weighted by Gasteiger charge is 2.28. The monoisotopic (exact) mass is 293 g/mol. The number of hydrogen-bond donors (Lipinski definition) is 2. The maximum Gasteiger partial charge on any atom is 0.229 e. The van der Waals surface area contributed by atoms with Crippen LogP contribution in [0.15, 0.2) is 18.2 Å². The van der Waals surface area contributed by atoms with Gasteiger partial charge in [0.05, 0.1) is 29.3 Å². The third-order valence-corrected chi connectivity index (χ3v) is 3.43. The van der Waals surface area contributed by atoms with Gasteiger partial charge in [0.2, 0.25) is 5.91 Å². The van der Waals surface area contributed by atoms with E-state index in [1.54, 1.807) is 18.2 Å². The van der Waals surface area contributed by atoms with Gasteiger partial charge in [0.15, 0.2) is 0 Å². The second-order valence-corrected chi connectivity index (χ2v) is 5.13. The molecule has 2 unspecified atom stereocenters. The second-order valence-electron chi connectivity index (χ2n) is 4.72. The van der Waals surface area contributed by atoms with Gasteiger partial charge in [-0.15, -0.1) is 0 Å². The predicted octanol–water partition coefficient (Wildman–Crippen LogP) is 2.05. The number of aliphatic hydroxyl groups excluding tert-OH is 1. The van der Waals surface area contributed by atoms with Crippen molar-refractivity contribution in [3.05, 3.63) is 28.8 Å². The lowest BCUT2D eigenvalue weighted by Crippen LogP contribution is -2.23. The Hall–Kier alpha value is -1.54. The topological polar surface area (TPSA) is 58.6 Å². The lowest BCUT2D eigenvalue weighted by atomic mass is 10.1. The van der Waals surface area contributed by atoms with Gasteiger partial charge in [0.1, 0.15) is 6.61 Å². The molecule has 0 bridgehead atoms. The molecule has 1 aliphatic rings. The molecule has 0 radical (unpaired) electrons. The zero-order valence-electron chi connectivity index (χ0n) is 11.1. The molecule has 1 fully saturated rings. The minimum atomic E-state index is -0.207. The van der Waals surface area contributed by atoms with Gasteiger partial charge in [0.25, 0.3) is 0 Å². The van der Waals surface area contributed by atoms with Crippen molar-refractivity contribution in [1.82, 2.24) is 0 Å². The summed E-state index contributed by atoms with van der Waals surface area (Å²) in [6.07, 6.45) is 0.830. The Kier molecular flexibility index (Phi) is 5.02. The molecule has 106 valence electrons. The van der Waals surface area contributed by atoms with Crippen LogP contribution >= 0.6 is 11.6 Å². The van der Waals surface area contributed by atoms with Crippen LogP contribution in [0.5, 0.6) is 0 Å². The Morgan fingerprint density at radius 3 is 3.05 bits per heavy atom. The number of amides is 1. The molecule has 0 aromatic heterocycles. The van der Waals surface area contributed by atoms with E-state index in [2.05, 4.69) is 17.2 Å². The molecule has 5 heteroatoms.